The minimum Gasteiger partial charge on any atom is -0.349 e. The number of aromatic nitrogens is 1. The van der Waals surface area contributed by atoms with Crippen molar-refractivity contribution < 1.29 is 8.91 Å². The molecule has 0 N–H and O–H groups in total. The molecule has 6 heteroatoms. The molecule has 0 aliphatic heterocycles. The maximum Gasteiger partial charge on any atom is 0.253 e. The molecule has 0 atom stereocenters. The third kappa shape index (κ3) is 4.31. The minimum absolute atomic E-state index is 0.258. The molecular formula is C23H27FN4O. The van der Waals surface area contributed by atoms with E-state index >= 15 is 0 Å². The van der Waals surface area contributed by atoms with E-state index < -0.39 is 5.41 Å². The molecule has 3 rings (SSSR count). The SMILES string of the molecule is CN(C)C(=Nc1cc(C(C)(C)c2ccc(-c3ccccc3)c(F)c2)no1)N(C)C. The topological polar surface area (TPSA) is 44.9 Å². The number of hydrogen-bond donors (Lipinski definition) is 0. The van der Waals surface area contributed by atoms with Crippen LogP contribution >= 0.6 is 0 Å². The quantitative estimate of drug-likeness (QED) is 0.466. The van der Waals surface area contributed by atoms with Crippen molar-refractivity contribution in [2.75, 3.05) is 28.2 Å². The molecule has 3 aromatic rings. The molecule has 5 nitrogen and oxygen atoms in total. The number of hydrogen-bond acceptors (Lipinski definition) is 3. The summed E-state index contributed by atoms with van der Waals surface area (Å²) in [6.07, 6.45) is 0. The minimum atomic E-state index is -0.538. The lowest BCUT2D eigenvalue weighted by Crippen LogP contribution is -2.35. The molecular weight excluding hydrogens is 367 g/mol. The molecule has 0 spiro atoms. The number of benzene rings is 2. The summed E-state index contributed by atoms with van der Waals surface area (Å²) in [5.74, 6) is 0.890. The third-order valence-corrected chi connectivity index (χ3v) is 4.92. The number of aliphatic imine (C=N–C) groups is 1. The molecule has 152 valence electrons. The highest BCUT2D eigenvalue weighted by Gasteiger charge is 2.28. The third-order valence-electron chi connectivity index (χ3n) is 4.92. The largest absolute Gasteiger partial charge is 0.349 e. The first-order valence-electron chi connectivity index (χ1n) is 9.46. The van der Waals surface area contributed by atoms with Crippen molar-refractivity contribution >= 4 is 11.8 Å². The maximum atomic E-state index is 14.9. The molecule has 0 saturated carbocycles. The normalized spacial score (nSPS) is 11.3. The Morgan fingerprint density at radius 3 is 2.21 bits per heavy atom. The van der Waals surface area contributed by atoms with E-state index in [1.807, 2.05) is 94.3 Å². The van der Waals surface area contributed by atoms with Crippen molar-refractivity contribution in [3.05, 3.63) is 71.7 Å². The predicted octanol–water partition coefficient (Wildman–Crippen LogP) is 4.92. The van der Waals surface area contributed by atoms with Crippen LogP contribution in [0.5, 0.6) is 0 Å². The van der Waals surface area contributed by atoms with E-state index in [1.54, 1.807) is 12.1 Å². The molecule has 0 saturated heterocycles. The Balaban J connectivity index is 1.93. The van der Waals surface area contributed by atoms with Crippen LogP contribution in [0.3, 0.4) is 0 Å². The van der Waals surface area contributed by atoms with Crippen LogP contribution in [-0.4, -0.2) is 49.1 Å². The average Bonchev–Trinajstić information content (AvgIpc) is 3.16. The summed E-state index contributed by atoms with van der Waals surface area (Å²) in [5, 5.41) is 4.20. The van der Waals surface area contributed by atoms with Crippen molar-refractivity contribution in [1.82, 2.24) is 15.0 Å². The Kier molecular flexibility index (Phi) is 5.73. The molecule has 0 unspecified atom stereocenters. The van der Waals surface area contributed by atoms with Crippen molar-refractivity contribution in [2.24, 2.45) is 4.99 Å². The lowest BCUT2D eigenvalue weighted by molar-refractivity contribution is 0.402. The first-order chi connectivity index (χ1) is 13.7. The van der Waals surface area contributed by atoms with Gasteiger partial charge in [-0.15, -0.1) is 0 Å². The van der Waals surface area contributed by atoms with Gasteiger partial charge in [-0.1, -0.05) is 61.5 Å². The highest BCUT2D eigenvalue weighted by atomic mass is 19.1. The second-order valence-electron chi connectivity index (χ2n) is 7.94. The van der Waals surface area contributed by atoms with Crippen LogP contribution in [0.1, 0.15) is 25.1 Å². The zero-order valence-electron chi connectivity index (χ0n) is 17.8. The van der Waals surface area contributed by atoms with Crippen molar-refractivity contribution in [3.8, 4) is 11.1 Å². The lowest BCUT2D eigenvalue weighted by atomic mass is 9.81. The van der Waals surface area contributed by atoms with E-state index in [1.165, 1.54) is 0 Å². The fourth-order valence-corrected chi connectivity index (χ4v) is 3.21. The van der Waals surface area contributed by atoms with E-state index in [-0.39, 0.29) is 5.82 Å². The van der Waals surface area contributed by atoms with Gasteiger partial charge in [0.2, 0.25) is 5.96 Å². The molecule has 0 amide bonds. The zero-order valence-corrected chi connectivity index (χ0v) is 17.8. The molecule has 0 radical (unpaired) electrons. The number of halogens is 1. The van der Waals surface area contributed by atoms with E-state index in [4.69, 9.17) is 4.52 Å². The van der Waals surface area contributed by atoms with Crippen LogP contribution in [-0.2, 0) is 5.41 Å². The molecule has 0 bridgehead atoms. The first kappa shape index (κ1) is 20.6. The highest BCUT2D eigenvalue weighted by molar-refractivity contribution is 5.81. The van der Waals surface area contributed by atoms with Gasteiger partial charge in [0.1, 0.15) is 5.82 Å². The predicted molar refractivity (Wildman–Crippen MR) is 115 cm³/mol. The Labute approximate surface area is 171 Å². The van der Waals surface area contributed by atoms with Gasteiger partial charge >= 0.3 is 0 Å². The van der Waals surface area contributed by atoms with Crippen LogP contribution < -0.4 is 0 Å². The van der Waals surface area contributed by atoms with Crippen molar-refractivity contribution in [1.29, 1.82) is 0 Å². The summed E-state index contributed by atoms with van der Waals surface area (Å²) < 4.78 is 20.3. The van der Waals surface area contributed by atoms with Crippen LogP contribution in [0.25, 0.3) is 11.1 Å². The number of rotatable bonds is 4. The van der Waals surface area contributed by atoms with Crippen LogP contribution in [0.15, 0.2) is 64.1 Å². The van der Waals surface area contributed by atoms with Crippen LogP contribution in [0.4, 0.5) is 10.3 Å². The van der Waals surface area contributed by atoms with E-state index in [0.29, 0.717) is 17.1 Å². The standard InChI is InChI=1S/C23H27FN4O/c1-23(2,20-15-21(29-26-20)25-22(27(3)4)28(5)6)17-12-13-18(19(24)14-17)16-10-8-7-9-11-16/h7-15H,1-6H3. The Morgan fingerprint density at radius 1 is 0.966 bits per heavy atom. The summed E-state index contributed by atoms with van der Waals surface area (Å²) in [6.45, 7) is 3.99. The lowest BCUT2D eigenvalue weighted by Gasteiger charge is -2.23. The molecule has 1 aromatic heterocycles. The van der Waals surface area contributed by atoms with Gasteiger partial charge in [-0.05, 0) is 17.2 Å². The van der Waals surface area contributed by atoms with Crippen molar-refractivity contribution in [3.63, 3.8) is 0 Å². The summed E-state index contributed by atoms with van der Waals surface area (Å²) in [4.78, 5) is 8.31. The van der Waals surface area contributed by atoms with Gasteiger partial charge in [0.25, 0.3) is 5.88 Å². The van der Waals surface area contributed by atoms with Crippen molar-refractivity contribution in [2.45, 2.75) is 19.3 Å². The van der Waals surface area contributed by atoms with Gasteiger partial charge < -0.3 is 14.3 Å². The Bertz CT molecular complexity index is 997. The average molecular weight is 394 g/mol. The van der Waals surface area contributed by atoms with Gasteiger partial charge in [0, 0.05) is 45.2 Å². The highest BCUT2D eigenvalue weighted by Crippen LogP contribution is 2.35. The second-order valence-corrected chi connectivity index (χ2v) is 7.94. The first-order valence-corrected chi connectivity index (χ1v) is 9.46. The van der Waals surface area contributed by atoms with Gasteiger partial charge in [-0.25, -0.2) is 4.39 Å². The van der Waals surface area contributed by atoms with Gasteiger partial charge in [-0.3, -0.25) is 0 Å². The fraction of sp³-hybridized carbons (Fsp3) is 0.304. The Morgan fingerprint density at radius 2 is 1.62 bits per heavy atom. The molecule has 0 fully saturated rings. The van der Waals surface area contributed by atoms with Crippen LogP contribution in [0.2, 0.25) is 0 Å². The van der Waals surface area contributed by atoms with Gasteiger partial charge in [0.15, 0.2) is 0 Å². The van der Waals surface area contributed by atoms with E-state index in [0.717, 1.165) is 17.1 Å². The van der Waals surface area contributed by atoms with Gasteiger partial charge in [0.05, 0.1) is 5.69 Å². The molecule has 1 heterocycles. The molecule has 2 aromatic carbocycles. The summed E-state index contributed by atoms with van der Waals surface area (Å²) in [5.41, 5.74) is 2.41. The van der Waals surface area contributed by atoms with E-state index in [2.05, 4.69) is 10.1 Å². The van der Waals surface area contributed by atoms with E-state index in [9.17, 15) is 4.39 Å². The second kappa shape index (κ2) is 8.07. The molecule has 0 aliphatic rings. The number of nitrogens with zero attached hydrogens (tertiary/aromatic N) is 4. The smallest absolute Gasteiger partial charge is 0.253 e. The maximum absolute atomic E-state index is 14.9. The number of guanidine groups is 1. The zero-order chi connectivity index (χ0) is 21.2. The van der Waals surface area contributed by atoms with Crippen LogP contribution in [0, 0.1) is 5.82 Å². The fourth-order valence-electron chi connectivity index (χ4n) is 3.21. The summed E-state index contributed by atoms with van der Waals surface area (Å²) >= 11 is 0. The molecule has 0 aliphatic carbocycles. The Hall–Kier alpha value is -3.15. The summed E-state index contributed by atoms with van der Waals surface area (Å²) in [6, 6.07) is 16.7. The monoisotopic (exact) mass is 394 g/mol. The van der Waals surface area contributed by atoms with Gasteiger partial charge in [-0.2, -0.15) is 4.99 Å². The molecule has 29 heavy (non-hydrogen) atoms. The summed E-state index contributed by atoms with van der Waals surface area (Å²) in [7, 11) is 7.66.